The van der Waals surface area contributed by atoms with Gasteiger partial charge in [-0.1, -0.05) is 23.9 Å². The number of amides is 2. The Morgan fingerprint density at radius 3 is 2.43 bits per heavy atom. The zero-order valence-electron chi connectivity index (χ0n) is 11.5. The van der Waals surface area contributed by atoms with Gasteiger partial charge >= 0.3 is 0 Å². The van der Waals surface area contributed by atoms with Crippen LogP contribution in [0.25, 0.3) is 0 Å². The summed E-state index contributed by atoms with van der Waals surface area (Å²) >= 11 is 3.30. The first-order valence-electron chi connectivity index (χ1n) is 6.67. The fraction of sp³-hybridized carbons (Fsp3) is 0.267. The van der Waals surface area contributed by atoms with E-state index in [-0.39, 0.29) is 11.8 Å². The third-order valence-corrected chi connectivity index (χ3v) is 5.45. The summed E-state index contributed by atoms with van der Waals surface area (Å²) in [5, 5.41) is 2.02. The SMILES string of the molecule is Cc1csc(SCCCN2C(=O)c3ccccc3C2=O)n1. The highest BCUT2D eigenvalue weighted by atomic mass is 32.2. The van der Waals surface area contributed by atoms with Gasteiger partial charge in [0.1, 0.15) is 4.34 Å². The molecule has 0 saturated heterocycles. The minimum absolute atomic E-state index is 0.175. The Hall–Kier alpha value is -1.66. The minimum Gasteiger partial charge on any atom is -0.274 e. The van der Waals surface area contributed by atoms with E-state index >= 15 is 0 Å². The van der Waals surface area contributed by atoms with E-state index in [4.69, 9.17) is 0 Å². The third kappa shape index (κ3) is 2.87. The van der Waals surface area contributed by atoms with Crippen molar-refractivity contribution in [2.75, 3.05) is 12.3 Å². The normalized spacial score (nSPS) is 13.9. The van der Waals surface area contributed by atoms with E-state index in [2.05, 4.69) is 4.98 Å². The van der Waals surface area contributed by atoms with Gasteiger partial charge in [-0.3, -0.25) is 14.5 Å². The van der Waals surface area contributed by atoms with E-state index in [9.17, 15) is 9.59 Å². The van der Waals surface area contributed by atoms with Gasteiger partial charge in [-0.15, -0.1) is 11.3 Å². The predicted molar refractivity (Wildman–Crippen MR) is 84.0 cm³/mol. The maximum absolute atomic E-state index is 12.2. The highest BCUT2D eigenvalue weighted by Crippen LogP contribution is 2.25. The number of benzene rings is 1. The molecule has 0 unspecified atom stereocenters. The number of hydrogen-bond acceptors (Lipinski definition) is 5. The molecule has 108 valence electrons. The van der Waals surface area contributed by atoms with Gasteiger partial charge < -0.3 is 0 Å². The van der Waals surface area contributed by atoms with Crippen LogP contribution in [0.15, 0.2) is 34.0 Å². The van der Waals surface area contributed by atoms with Crippen molar-refractivity contribution in [3.63, 3.8) is 0 Å². The van der Waals surface area contributed by atoms with Crippen molar-refractivity contribution >= 4 is 34.9 Å². The summed E-state index contributed by atoms with van der Waals surface area (Å²) in [6.45, 7) is 2.43. The van der Waals surface area contributed by atoms with Crippen LogP contribution in [0.5, 0.6) is 0 Å². The predicted octanol–water partition coefficient (Wildman–Crippen LogP) is 3.23. The Kier molecular flexibility index (Phi) is 4.07. The monoisotopic (exact) mass is 318 g/mol. The smallest absolute Gasteiger partial charge is 0.261 e. The van der Waals surface area contributed by atoms with Crippen LogP contribution in [0.2, 0.25) is 0 Å². The number of hydrogen-bond donors (Lipinski definition) is 0. The largest absolute Gasteiger partial charge is 0.274 e. The fourth-order valence-corrected chi connectivity index (χ4v) is 4.07. The van der Waals surface area contributed by atoms with E-state index in [1.807, 2.05) is 12.3 Å². The molecule has 21 heavy (non-hydrogen) atoms. The van der Waals surface area contributed by atoms with Crippen LogP contribution >= 0.6 is 23.1 Å². The molecule has 2 amide bonds. The van der Waals surface area contributed by atoms with E-state index < -0.39 is 0 Å². The first-order valence-corrected chi connectivity index (χ1v) is 8.53. The van der Waals surface area contributed by atoms with Gasteiger partial charge in [0.25, 0.3) is 11.8 Å². The summed E-state index contributed by atoms with van der Waals surface area (Å²) in [6, 6.07) is 6.99. The molecule has 1 aliphatic heterocycles. The van der Waals surface area contributed by atoms with Crippen molar-refractivity contribution < 1.29 is 9.59 Å². The van der Waals surface area contributed by atoms with Crippen molar-refractivity contribution in [1.29, 1.82) is 0 Å². The molecule has 0 fully saturated rings. The number of carbonyl (C=O) groups excluding carboxylic acids is 2. The molecule has 1 aliphatic rings. The van der Waals surface area contributed by atoms with Crippen LogP contribution < -0.4 is 0 Å². The Labute approximate surface area is 131 Å². The lowest BCUT2D eigenvalue weighted by molar-refractivity contribution is 0.0655. The van der Waals surface area contributed by atoms with Gasteiger partial charge in [0.2, 0.25) is 0 Å². The van der Waals surface area contributed by atoms with E-state index in [0.717, 1.165) is 22.2 Å². The fourth-order valence-electron chi connectivity index (χ4n) is 2.22. The average Bonchev–Trinajstić information content (AvgIpc) is 3.00. The van der Waals surface area contributed by atoms with Crippen LogP contribution in [0, 0.1) is 6.92 Å². The van der Waals surface area contributed by atoms with E-state index in [1.54, 1.807) is 47.4 Å². The number of thiazole rings is 1. The molecule has 1 aromatic heterocycles. The molecular formula is C15H14N2O2S2. The quantitative estimate of drug-likeness (QED) is 0.482. The van der Waals surface area contributed by atoms with Crippen LogP contribution in [0.1, 0.15) is 32.8 Å². The standard InChI is InChI=1S/C15H14N2O2S2/c1-10-9-21-15(16-10)20-8-4-7-17-13(18)11-5-2-3-6-12(11)14(17)19/h2-3,5-6,9H,4,7-8H2,1H3. The number of fused-ring (bicyclic) bond motifs is 1. The van der Waals surface area contributed by atoms with Gasteiger partial charge in [0, 0.05) is 23.4 Å². The highest BCUT2D eigenvalue weighted by molar-refractivity contribution is 8.01. The van der Waals surface area contributed by atoms with Crippen molar-refractivity contribution in [2.24, 2.45) is 0 Å². The lowest BCUT2D eigenvalue weighted by Gasteiger charge is -2.12. The highest BCUT2D eigenvalue weighted by Gasteiger charge is 2.34. The van der Waals surface area contributed by atoms with Gasteiger partial charge in [0.15, 0.2) is 0 Å². The lowest BCUT2D eigenvalue weighted by Crippen LogP contribution is -2.30. The van der Waals surface area contributed by atoms with Crippen LogP contribution in [-0.4, -0.2) is 34.0 Å². The number of imide groups is 1. The second-order valence-corrected chi connectivity index (χ2v) is 6.96. The number of carbonyl (C=O) groups is 2. The summed E-state index contributed by atoms with van der Waals surface area (Å²) in [4.78, 5) is 30.0. The number of aryl methyl sites for hydroxylation is 1. The van der Waals surface area contributed by atoms with Crippen molar-refractivity contribution in [2.45, 2.75) is 17.7 Å². The molecule has 0 radical (unpaired) electrons. The molecule has 0 atom stereocenters. The molecule has 4 nitrogen and oxygen atoms in total. The maximum atomic E-state index is 12.2. The van der Waals surface area contributed by atoms with Gasteiger partial charge in [-0.05, 0) is 25.5 Å². The zero-order valence-corrected chi connectivity index (χ0v) is 13.2. The molecule has 6 heteroatoms. The second-order valence-electron chi connectivity index (χ2n) is 4.76. The summed E-state index contributed by atoms with van der Waals surface area (Å²) in [7, 11) is 0. The molecule has 2 heterocycles. The molecule has 0 saturated carbocycles. The topological polar surface area (TPSA) is 50.3 Å². The lowest BCUT2D eigenvalue weighted by atomic mass is 10.1. The van der Waals surface area contributed by atoms with Crippen molar-refractivity contribution in [1.82, 2.24) is 9.88 Å². The Morgan fingerprint density at radius 1 is 1.19 bits per heavy atom. The average molecular weight is 318 g/mol. The summed E-state index contributed by atoms with van der Waals surface area (Å²) < 4.78 is 1.04. The number of nitrogens with zero attached hydrogens (tertiary/aromatic N) is 2. The van der Waals surface area contributed by atoms with Gasteiger partial charge in [-0.25, -0.2) is 4.98 Å². The summed E-state index contributed by atoms with van der Waals surface area (Å²) in [6.07, 6.45) is 0.773. The zero-order chi connectivity index (χ0) is 14.8. The Bertz CT molecular complexity index is 661. The minimum atomic E-state index is -0.175. The number of rotatable bonds is 5. The molecule has 0 spiro atoms. The second kappa shape index (κ2) is 5.99. The van der Waals surface area contributed by atoms with Crippen molar-refractivity contribution in [3.8, 4) is 0 Å². The summed E-state index contributed by atoms with van der Waals surface area (Å²) in [5.74, 6) is 0.497. The third-order valence-electron chi connectivity index (χ3n) is 3.23. The van der Waals surface area contributed by atoms with Gasteiger partial charge in [0.05, 0.1) is 11.1 Å². The molecular weight excluding hydrogens is 304 g/mol. The Morgan fingerprint density at radius 2 is 1.86 bits per heavy atom. The van der Waals surface area contributed by atoms with E-state index in [1.165, 1.54) is 4.90 Å². The Balaban J connectivity index is 1.55. The molecule has 3 rings (SSSR count). The molecule has 0 bridgehead atoms. The first-order chi connectivity index (χ1) is 10.2. The van der Waals surface area contributed by atoms with Crippen LogP contribution in [0.4, 0.5) is 0 Å². The molecule has 0 aliphatic carbocycles. The molecule has 2 aromatic rings. The summed E-state index contributed by atoms with van der Waals surface area (Å²) in [5.41, 5.74) is 2.07. The van der Waals surface area contributed by atoms with Crippen LogP contribution in [0.3, 0.4) is 0 Å². The molecule has 0 N–H and O–H groups in total. The first kappa shape index (κ1) is 14.3. The van der Waals surface area contributed by atoms with Crippen LogP contribution in [-0.2, 0) is 0 Å². The van der Waals surface area contributed by atoms with Gasteiger partial charge in [-0.2, -0.15) is 0 Å². The number of aromatic nitrogens is 1. The molecule has 1 aromatic carbocycles. The number of thioether (sulfide) groups is 1. The van der Waals surface area contributed by atoms with E-state index in [0.29, 0.717) is 17.7 Å². The maximum Gasteiger partial charge on any atom is 0.261 e. The van der Waals surface area contributed by atoms with Crippen molar-refractivity contribution in [3.05, 3.63) is 46.5 Å².